The summed E-state index contributed by atoms with van der Waals surface area (Å²) in [6.45, 7) is 0. The quantitative estimate of drug-likeness (QED) is 0.470. The van der Waals surface area contributed by atoms with Crippen molar-refractivity contribution in [3.63, 3.8) is 0 Å². The largest absolute Gasteiger partial charge is 0.394 e. The van der Waals surface area contributed by atoms with E-state index in [0.29, 0.717) is 5.82 Å². The van der Waals surface area contributed by atoms with Crippen molar-refractivity contribution in [3.8, 4) is 0 Å². The van der Waals surface area contributed by atoms with Gasteiger partial charge in [-0.3, -0.25) is 9.11 Å². The van der Waals surface area contributed by atoms with Crippen molar-refractivity contribution in [2.45, 2.75) is 0 Å². The molecule has 8 heteroatoms. The fourth-order valence-electron chi connectivity index (χ4n) is 0.313. The van der Waals surface area contributed by atoms with E-state index in [1.54, 1.807) is 18.3 Å². The number of hydrogen-bond donors (Lipinski definition) is 3. The van der Waals surface area contributed by atoms with Crippen molar-refractivity contribution in [2.24, 2.45) is 0 Å². The molecule has 1 heterocycles. The smallest absolute Gasteiger partial charge is 0.382 e. The highest BCUT2D eigenvalue weighted by Crippen LogP contribution is 1.86. The molecule has 0 spiro atoms. The van der Waals surface area contributed by atoms with E-state index in [1.807, 2.05) is 0 Å². The zero-order valence-corrected chi connectivity index (χ0v) is 6.64. The molecule has 0 atom stereocenters. The molecule has 1 aromatic rings. The van der Waals surface area contributed by atoms with Crippen LogP contribution in [-0.4, -0.2) is 27.7 Å². The Morgan fingerprint density at radius 2 is 1.92 bits per heavy atom. The van der Waals surface area contributed by atoms with E-state index in [-0.39, 0.29) is 0 Å². The molecule has 0 aliphatic rings. The third-order valence-electron chi connectivity index (χ3n) is 0.593. The minimum absolute atomic E-state index is 0.461. The van der Waals surface area contributed by atoms with Crippen LogP contribution in [0.4, 0.5) is 5.82 Å². The third-order valence-corrected chi connectivity index (χ3v) is 0.593. The number of anilines is 1. The van der Waals surface area contributed by atoms with Gasteiger partial charge in [-0.2, -0.15) is 13.5 Å². The van der Waals surface area contributed by atoms with Gasteiger partial charge < -0.3 is 5.73 Å². The van der Waals surface area contributed by atoms with Gasteiger partial charge in [0, 0.05) is 6.20 Å². The molecule has 0 fully saturated rings. The first kappa shape index (κ1) is 10.8. The van der Waals surface area contributed by atoms with Gasteiger partial charge in [-0.05, 0) is 12.1 Å². The molecule has 0 aliphatic heterocycles. The van der Waals surface area contributed by atoms with Gasteiger partial charge in [-0.1, -0.05) is 0 Å². The minimum Gasteiger partial charge on any atom is -0.382 e. The van der Waals surface area contributed by atoms with Crippen LogP contribution in [0, 0.1) is 0 Å². The van der Waals surface area contributed by atoms with Crippen molar-refractivity contribution >= 4 is 16.2 Å². The van der Waals surface area contributed by atoms with Crippen molar-refractivity contribution in [1.82, 2.24) is 10.2 Å². The van der Waals surface area contributed by atoms with Crippen LogP contribution in [0.5, 0.6) is 0 Å². The summed E-state index contributed by atoms with van der Waals surface area (Å²) in [4.78, 5) is 0. The summed E-state index contributed by atoms with van der Waals surface area (Å²) in [6.07, 6.45) is 1.58. The van der Waals surface area contributed by atoms with E-state index in [0.717, 1.165) is 0 Å². The number of nitrogens with zero attached hydrogens (tertiary/aromatic N) is 2. The Hall–Kier alpha value is -1.25. The second kappa shape index (κ2) is 4.59. The predicted molar refractivity (Wildman–Crippen MR) is 40.6 cm³/mol. The first-order valence-electron chi connectivity index (χ1n) is 2.62. The highest BCUT2D eigenvalue weighted by atomic mass is 32.3. The maximum atomic E-state index is 8.74. The highest BCUT2D eigenvalue weighted by molar-refractivity contribution is 7.79. The maximum absolute atomic E-state index is 8.74. The van der Waals surface area contributed by atoms with E-state index in [2.05, 4.69) is 10.2 Å². The molecule has 0 aliphatic carbocycles. The molecular weight excluding hydrogens is 186 g/mol. The first-order valence-corrected chi connectivity index (χ1v) is 4.02. The van der Waals surface area contributed by atoms with Gasteiger partial charge in [0.1, 0.15) is 5.82 Å². The molecule has 7 nitrogen and oxygen atoms in total. The zero-order chi connectivity index (χ0) is 9.61. The van der Waals surface area contributed by atoms with E-state index < -0.39 is 10.4 Å². The van der Waals surface area contributed by atoms with Crippen LogP contribution in [0.2, 0.25) is 0 Å². The Bertz CT molecular complexity index is 302. The van der Waals surface area contributed by atoms with E-state index >= 15 is 0 Å². The lowest BCUT2D eigenvalue weighted by molar-refractivity contribution is 0.381. The predicted octanol–water partition coefficient (Wildman–Crippen LogP) is -0.594. The molecule has 0 radical (unpaired) electrons. The summed E-state index contributed by atoms with van der Waals surface area (Å²) >= 11 is 0. The van der Waals surface area contributed by atoms with Crippen molar-refractivity contribution in [1.29, 1.82) is 0 Å². The molecule has 0 saturated heterocycles. The van der Waals surface area contributed by atoms with Crippen molar-refractivity contribution < 1.29 is 17.5 Å². The summed E-state index contributed by atoms with van der Waals surface area (Å²) in [6, 6.07) is 3.43. The van der Waals surface area contributed by atoms with Crippen LogP contribution in [0.3, 0.4) is 0 Å². The number of aromatic nitrogens is 2. The van der Waals surface area contributed by atoms with Crippen molar-refractivity contribution in [2.75, 3.05) is 5.73 Å². The maximum Gasteiger partial charge on any atom is 0.394 e. The molecule has 68 valence electrons. The van der Waals surface area contributed by atoms with Crippen molar-refractivity contribution in [3.05, 3.63) is 18.3 Å². The lowest BCUT2D eigenvalue weighted by atomic mass is 10.6. The Balaban J connectivity index is 0.000000217. The van der Waals surface area contributed by atoms with E-state index in [4.69, 9.17) is 23.3 Å². The number of nitrogens with two attached hydrogens (primary N) is 1. The second-order valence-electron chi connectivity index (χ2n) is 1.60. The first-order chi connectivity index (χ1) is 5.39. The molecule has 0 amide bonds. The molecule has 1 rings (SSSR count). The summed E-state index contributed by atoms with van der Waals surface area (Å²) in [5.74, 6) is 0.461. The summed E-state index contributed by atoms with van der Waals surface area (Å²) < 4.78 is 31.6. The molecule has 0 unspecified atom stereocenters. The average molecular weight is 193 g/mol. The van der Waals surface area contributed by atoms with Gasteiger partial charge in [0.15, 0.2) is 0 Å². The minimum atomic E-state index is -4.67. The topological polar surface area (TPSA) is 126 Å². The fraction of sp³-hybridized carbons (Fsp3) is 0. The number of nitrogen functional groups attached to an aromatic ring is 1. The lowest BCUT2D eigenvalue weighted by Crippen LogP contribution is -1.89. The molecular formula is C4H7N3O4S. The van der Waals surface area contributed by atoms with E-state index in [1.165, 1.54) is 0 Å². The van der Waals surface area contributed by atoms with Gasteiger partial charge in [-0.15, -0.1) is 5.10 Å². The SMILES string of the molecule is Nc1cccnn1.O=S(=O)(O)O. The number of rotatable bonds is 0. The molecule has 4 N–H and O–H groups in total. The van der Waals surface area contributed by atoms with Crippen LogP contribution in [-0.2, 0) is 10.4 Å². The fourth-order valence-corrected chi connectivity index (χ4v) is 0.313. The van der Waals surface area contributed by atoms with Crippen LogP contribution >= 0.6 is 0 Å². The lowest BCUT2D eigenvalue weighted by Gasteiger charge is -1.81. The highest BCUT2D eigenvalue weighted by Gasteiger charge is 1.84. The normalized spacial score (nSPS) is 9.83. The summed E-state index contributed by atoms with van der Waals surface area (Å²) in [5.41, 5.74) is 5.18. The van der Waals surface area contributed by atoms with Gasteiger partial charge in [0.05, 0.1) is 0 Å². The average Bonchev–Trinajstić information content (AvgIpc) is 1.85. The van der Waals surface area contributed by atoms with Gasteiger partial charge in [0.2, 0.25) is 0 Å². The Labute approximate surface area is 68.8 Å². The Kier molecular flexibility index (Phi) is 4.11. The molecule has 0 saturated carbocycles. The third kappa shape index (κ3) is 11.5. The molecule has 1 aromatic heterocycles. The van der Waals surface area contributed by atoms with Gasteiger partial charge in [0.25, 0.3) is 0 Å². The van der Waals surface area contributed by atoms with Crippen LogP contribution in [0.1, 0.15) is 0 Å². The molecule has 12 heavy (non-hydrogen) atoms. The zero-order valence-electron chi connectivity index (χ0n) is 5.82. The van der Waals surface area contributed by atoms with Crippen LogP contribution < -0.4 is 5.73 Å². The number of hydrogen-bond acceptors (Lipinski definition) is 5. The van der Waals surface area contributed by atoms with Gasteiger partial charge >= 0.3 is 10.4 Å². The monoisotopic (exact) mass is 193 g/mol. The summed E-state index contributed by atoms with van der Waals surface area (Å²) in [7, 11) is -4.67. The van der Waals surface area contributed by atoms with E-state index in [9.17, 15) is 0 Å². The van der Waals surface area contributed by atoms with Gasteiger partial charge in [-0.25, -0.2) is 0 Å². The van der Waals surface area contributed by atoms with Crippen LogP contribution in [0.15, 0.2) is 18.3 Å². The Morgan fingerprint density at radius 1 is 1.42 bits per heavy atom. The molecule has 0 aromatic carbocycles. The van der Waals surface area contributed by atoms with Crippen LogP contribution in [0.25, 0.3) is 0 Å². The second-order valence-corrected chi connectivity index (χ2v) is 2.49. The Morgan fingerprint density at radius 3 is 2.08 bits per heavy atom. The molecule has 0 bridgehead atoms. The standard InChI is InChI=1S/C4H5N3.H2O4S/c5-4-2-1-3-6-7-4;1-5(2,3)4/h1-3H,(H2,5,7);(H2,1,2,3,4). The summed E-state index contributed by atoms with van der Waals surface area (Å²) in [5, 5.41) is 7.02.